The van der Waals surface area contributed by atoms with Crippen LogP contribution in [-0.4, -0.2) is 49.4 Å². The zero-order valence-electron chi connectivity index (χ0n) is 6.49. The molecule has 0 aliphatic rings. The zero-order valence-corrected chi connectivity index (χ0v) is 6.49. The van der Waals surface area contributed by atoms with Crippen molar-refractivity contribution in [3.8, 4) is 0 Å². The summed E-state index contributed by atoms with van der Waals surface area (Å²) in [7, 11) is 0. The van der Waals surface area contributed by atoms with Gasteiger partial charge in [0.05, 0.1) is 19.8 Å². The summed E-state index contributed by atoms with van der Waals surface area (Å²) in [6.45, 7) is 1.17. The second-order valence-electron chi connectivity index (χ2n) is 2.01. The van der Waals surface area contributed by atoms with Crippen molar-refractivity contribution < 1.29 is 14.9 Å². The van der Waals surface area contributed by atoms with Crippen molar-refractivity contribution in [2.24, 2.45) is 5.73 Å². The second kappa shape index (κ2) is 7.90. The number of nitrogens with two attached hydrogens (primary N) is 1. The van der Waals surface area contributed by atoms with Crippen LogP contribution in [0.1, 0.15) is 0 Å². The Morgan fingerprint density at radius 1 is 1.45 bits per heavy atom. The van der Waals surface area contributed by atoms with Crippen LogP contribution in [0.4, 0.5) is 0 Å². The summed E-state index contributed by atoms with van der Waals surface area (Å²) in [4.78, 5) is 0. The number of hydrogen-bond donors (Lipinski definition) is 4. The van der Waals surface area contributed by atoms with E-state index in [0.29, 0.717) is 13.1 Å². The molecule has 0 fully saturated rings. The summed E-state index contributed by atoms with van der Waals surface area (Å²) in [6, 6.07) is 0. The number of nitrogens with one attached hydrogen (secondary N) is 1. The fraction of sp³-hybridized carbons (Fsp3) is 1.00. The molecule has 0 bridgehead atoms. The molecule has 0 aromatic heterocycles. The van der Waals surface area contributed by atoms with Crippen LogP contribution >= 0.6 is 0 Å². The highest BCUT2D eigenvalue weighted by Crippen LogP contribution is 1.83. The van der Waals surface area contributed by atoms with E-state index in [2.05, 4.69) is 5.32 Å². The zero-order chi connectivity index (χ0) is 8.53. The molecule has 0 aromatic carbocycles. The molecule has 1 atom stereocenters. The highest BCUT2D eigenvalue weighted by atomic mass is 16.5. The largest absolute Gasteiger partial charge is 0.394 e. The Labute approximate surface area is 66.2 Å². The van der Waals surface area contributed by atoms with E-state index in [1.807, 2.05) is 0 Å². The average Bonchev–Trinajstić information content (AvgIpc) is 2.05. The van der Waals surface area contributed by atoms with Crippen molar-refractivity contribution in [1.82, 2.24) is 5.32 Å². The Morgan fingerprint density at radius 2 is 2.18 bits per heavy atom. The van der Waals surface area contributed by atoms with Gasteiger partial charge >= 0.3 is 0 Å². The summed E-state index contributed by atoms with van der Waals surface area (Å²) >= 11 is 0. The summed E-state index contributed by atoms with van der Waals surface area (Å²) in [5, 5.41) is 19.9. The molecule has 68 valence electrons. The summed E-state index contributed by atoms with van der Waals surface area (Å²) in [5.74, 6) is 0. The minimum Gasteiger partial charge on any atom is -0.394 e. The minimum absolute atomic E-state index is 0.0409. The quantitative estimate of drug-likeness (QED) is 0.323. The van der Waals surface area contributed by atoms with Gasteiger partial charge in [0.2, 0.25) is 0 Å². The van der Waals surface area contributed by atoms with Gasteiger partial charge in [-0.3, -0.25) is 5.32 Å². The highest BCUT2D eigenvalue weighted by Gasteiger charge is 2.03. The standard InChI is InChI=1S/C6H16N2O3/c7-1-2-8-6(5-10)11-4-3-9/h6,8-10H,1-5,7H2. The lowest BCUT2D eigenvalue weighted by Crippen LogP contribution is -2.38. The van der Waals surface area contributed by atoms with Crippen LogP contribution < -0.4 is 11.1 Å². The van der Waals surface area contributed by atoms with Crippen LogP contribution in [0.15, 0.2) is 0 Å². The molecule has 0 rings (SSSR count). The van der Waals surface area contributed by atoms with E-state index in [1.165, 1.54) is 0 Å². The van der Waals surface area contributed by atoms with Crippen molar-refractivity contribution in [1.29, 1.82) is 0 Å². The maximum atomic E-state index is 8.67. The van der Waals surface area contributed by atoms with E-state index in [9.17, 15) is 0 Å². The van der Waals surface area contributed by atoms with E-state index in [0.717, 1.165) is 0 Å². The molecule has 0 aromatic rings. The van der Waals surface area contributed by atoms with E-state index in [1.54, 1.807) is 0 Å². The SMILES string of the molecule is NCCNC(CO)OCCO. The van der Waals surface area contributed by atoms with Gasteiger partial charge in [-0.1, -0.05) is 0 Å². The molecule has 0 spiro atoms. The molecule has 5 heteroatoms. The fourth-order valence-corrected chi connectivity index (χ4v) is 0.615. The van der Waals surface area contributed by atoms with Crippen molar-refractivity contribution in [3.63, 3.8) is 0 Å². The number of hydrogen-bond acceptors (Lipinski definition) is 5. The first-order valence-electron chi connectivity index (χ1n) is 3.62. The van der Waals surface area contributed by atoms with Gasteiger partial charge in [0.15, 0.2) is 0 Å². The highest BCUT2D eigenvalue weighted by molar-refractivity contribution is 4.53. The summed E-state index contributed by atoms with van der Waals surface area (Å²) < 4.78 is 4.98. The Bertz CT molecular complexity index is 74.2. The van der Waals surface area contributed by atoms with E-state index in [4.69, 9.17) is 20.7 Å². The molecule has 0 radical (unpaired) electrons. The molecule has 0 aliphatic heterocycles. The molecule has 0 saturated carbocycles. The first-order chi connectivity index (χ1) is 5.35. The predicted molar refractivity (Wildman–Crippen MR) is 41.0 cm³/mol. The number of rotatable bonds is 7. The Morgan fingerprint density at radius 3 is 2.64 bits per heavy atom. The molecule has 0 amide bonds. The Hall–Kier alpha value is -0.200. The monoisotopic (exact) mass is 164 g/mol. The van der Waals surface area contributed by atoms with Crippen LogP contribution in [0.3, 0.4) is 0 Å². The fourth-order valence-electron chi connectivity index (χ4n) is 0.615. The normalized spacial score (nSPS) is 13.4. The smallest absolute Gasteiger partial charge is 0.131 e. The molecule has 0 saturated heterocycles. The van der Waals surface area contributed by atoms with Crippen LogP contribution in [0.25, 0.3) is 0 Å². The van der Waals surface area contributed by atoms with Gasteiger partial charge in [-0.2, -0.15) is 0 Å². The van der Waals surface area contributed by atoms with Crippen LogP contribution in [-0.2, 0) is 4.74 Å². The van der Waals surface area contributed by atoms with Crippen molar-refractivity contribution >= 4 is 0 Å². The average molecular weight is 164 g/mol. The molecule has 5 nitrogen and oxygen atoms in total. The van der Waals surface area contributed by atoms with Gasteiger partial charge < -0.3 is 20.7 Å². The lowest BCUT2D eigenvalue weighted by atomic mass is 10.5. The van der Waals surface area contributed by atoms with Crippen molar-refractivity contribution in [2.75, 3.05) is 32.9 Å². The van der Waals surface area contributed by atoms with Gasteiger partial charge in [0, 0.05) is 13.1 Å². The topological polar surface area (TPSA) is 87.7 Å². The molecule has 1 unspecified atom stereocenters. The van der Waals surface area contributed by atoms with E-state index in [-0.39, 0.29) is 19.8 Å². The van der Waals surface area contributed by atoms with Gasteiger partial charge in [0.1, 0.15) is 6.23 Å². The van der Waals surface area contributed by atoms with E-state index < -0.39 is 6.23 Å². The molecule has 0 heterocycles. The maximum absolute atomic E-state index is 8.67. The van der Waals surface area contributed by atoms with Crippen LogP contribution in [0, 0.1) is 0 Å². The van der Waals surface area contributed by atoms with Crippen molar-refractivity contribution in [3.05, 3.63) is 0 Å². The number of aliphatic hydroxyl groups is 2. The minimum atomic E-state index is -0.411. The molecule has 0 aliphatic carbocycles. The summed E-state index contributed by atoms with van der Waals surface area (Å²) in [6.07, 6.45) is -0.411. The molecular weight excluding hydrogens is 148 g/mol. The van der Waals surface area contributed by atoms with Gasteiger partial charge in [0.25, 0.3) is 0 Å². The Kier molecular flexibility index (Phi) is 7.76. The van der Waals surface area contributed by atoms with Gasteiger partial charge in [-0.15, -0.1) is 0 Å². The van der Waals surface area contributed by atoms with Crippen molar-refractivity contribution in [2.45, 2.75) is 6.23 Å². The first kappa shape index (κ1) is 10.8. The molecule has 5 N–H and O–H groups in total. The first-order valence-corrected chi connectivity index (χ1v) is 3.62. The number of ether oxygens (including phenoxy) is 1. The van der Waals surface area contributed by atoms with Gasteiger partial charge in [-0.05, 0) is 0 Å². The molecular formula is C6H16N2O3. The molecule has 11 heavy (non-hydrogen) atoms. The third-order valence-corrected chi connectivity index (χ3v) is 1.09. The van der Waals surface area contributed by atoms with Crippen LogP contribution in [0.5, 0.6) is 0 Å². The third kappa shape index (κ3) is 6.21. The summed E-state index contributed by atoms with van der Waals surface area (Å²) in [5.41, 5.74) is 5.21. The van der Waals surface area contributed by atoms with Gasteiger partial charge in [-0.25, -0.2) is 0 Å². The maximum Gasteiger partial charge on any atom is 0.131 e. The lowest BCUT2D eigenvalue weighted by molar-refractivity contribution is -0.0212. The Balaban J connectivity index is 3.25. The van der Waals surface area contributed by atoms with Crippen LogP contribution in [0.2, 0.25) is 0 Å². The van der Waals surface area contributed by atoms with E-state index >= 15 is 0 Å². The second-order valence-corrected chi connectivity index (χ2v) is 2.01. The number of aliphatic hydroxyl groups excluding tert-OH is 2. The predicted octanol–water partition coefficient (Wildman–Crippen LogP) is -2.14. The lowest BCUT2D eigenvalue weighted by Gasteiger charge is -2.15. The third-order valence-electron chi connectivity index (χ3n) is 1.09.